The maximum absolute atomic E-state index is 12.5. The second-order valence-electron chi connectivity index (χ2n) is 9.30. The van der Waals surface area contributed by atoms with Gasteiger partial charge in [0.2, 0.25) is 0 Å². The van der Waals surface area contributed by atoms with Crippen LogP contribution in [0.15, 0.2) is 66.9 Å². The first-order valence-corrected chi connectivity index (χ1v) is 13.3. The van der Waals surface area contributed by atoms with E-state index in [0.717, 1.165) is 50.2 Å². The molecule has 1 aromatic heterocycles. The Morgan fingerprint density at radius 1 is 1.03 bits per heavy atom. The standard InChI is InChI=1S/C29H33Cl2N3O.ClH/c1-2-17-34(20-23-19-25(23)24-8-7-9-26(30)28(24)31)18-6-5-16-33-29(35)22-13-11-21(12-14-22)27-10-3-4-15-32-27;/h3-4,7-15,23,25H,2,5-6,16-20H2,1H3,(H,33,35);1H/t23-,25+;/m1./s1. The SMILES string of the molecule is CCCN(CCCCNC(=O)c1ccc(-c2ccccn2)cc1)C[C@H]1C[C@@H]1c1cccc(Cl)c1Cl.Cl. The lowest BCUT2D eigenvalue weighted by Crippen LogP contribution is -2.29. The number of nitrogens with zero attached hydrogens (tertiary/aromatic N) is 2. The van der Waals surface area contributed by atoms with Crippen LogP contribution in [0.1, 0.15) is 54.4 Å². The molecule has 2 atom stereocenters. The lowest BCUT2D eigenvalue weighted by atomic mass is 10.1. The highest BCUT2D eigenvalue weighted by atomic mass is 35.5. The van der Waals surface area contributed by atoms with E-state index in [9.17, 15) is 4.79 Å². The zero-order chi connectivity index (χ0) is 24.6. The number of benzene rings is 2. The minimum absolute atomic E-state index is 0. The molecule has 1 aliphatic rings. The van der Waals surface area contributed by atoms with Crippen LogP contribution < -0.4 is 5.32 Å². The summed E-state index contributed by atoms with van der Waals surface area (Å²) in [6, 6.07) is 19.4. The molecule has 1 saturated carbocycles. The fraction of sp³-hybridized carbons (Fsp3) is 0.379. The van der Waals surface area contributed by atoms with Crippen molar-refractivity contribution in [2.75, 3.05) is 26.2 Å². The van der Waals surface area contributed by atoms with Gasteiger partial charge in [0.25, 0.3) is 5.91 Å². The number of nitrogens with one attached hydrogen (secondary N) is 1. The van der Waals surface area contributed by atoms with Crippen molar-refractivity contribution in [3.63, 3.8) is 0 Å². The van der Waals surface area contributed by atoms with Crippen LogP contribution in [0.4, 0.5) is 0 Å². The maximum atomic E-state index is 12.5. The fourth-order valence-corrected chi connectivity index (χ4v) is 5.12. The summed E-state index contributed by atoms with van der Waals surface area (Å²) in [6.07, 6.45) is 6.12. The van der Waals surface area contributed by atoms with Crippen molar-refractivity contribution in [1.82, 2.24) is 15.2 Å². The highest BCUT2D eigenvalue weighted by Crippen LogP contribution is 2.50. The molecule has 0 radical (unpaired) electrons. The van der Waals surface area contributed by atoms with Crippen LogP contribution in [-0.2, 0) is 0 Å². The van der Waals surface area contributed by atoms with Gasteiger partial charge in [0.05, 0.1) is 15.7 Å². The monoisotopic (exact) mass is 545 g/mol. The van der Waals surface area contributed by atoms with Crippen LogP contribution in [0.3, 0.4) is 0 Å². The van der Waals surface area contributed by atoms with Gasteiger partial charge in [0.1, 0.15) is 0 Å². The van der Waals surface area contributed by atoms with Gasteiger partial charge in [-0.2, -0.15) is 0 Å². The highest BCUT2D eigenvalue weighted by Gasteiger charge is 2.40. The Balaban J connectivity index is 0.00000361. The van der Waals surface area contributed by atoms with E-state index < -0.39 is 0 Å². The number of pyridine rings is 1. The molecular formula is C29H34Cl3N3O. The Labute approximate surface area is 230 Å². The first kappa shape index (κ1) is 28.5. The number of aromatic nitrogens is 1. The molecule has 4 rings (SSSR count). The number of unbranched alkanes of at least 4 members (excludes halogenated alkanes) is 1. The van der Waals surface area contributed by atoms with Crippen LogP contribution in [0.2, 0.25) is 10.0 Å². The Hall–Kier alpha value is -2.11. The van der Waals surface area contributed by atoms with Gasteiger partial charge in [0.15, 0.2) is 0 Å². The molecule has 36 heavy (non-hydrogen) atoms. The van der Waals surface area contributed by atoms with Crippen molar-refractivity contribution in [3.8, 4) is 11.3 Å². The average molecular weight is 547 g/mol. The van der Waals surface area contributed by atoms with E-state index in [2.05, 4.69) is 28.2 Å². The summed E-state index contributed by atoms with van der Waals surface area (Å²) in [7, 11) is 0. The van der Waals surface area contributed by atoms with E-state index in [4.69, 9.17) is 23.2 Å². The Kier molecular flexibility index (Phi) is 11.1. The van der Waals surface area contributed by atoms with E-state index in [1.807, 2.05) is 54.6 Å². The van der Waals surface area contributed by atoms with Gasteiger partial charge in [0, 0.05) is 30.4 Å². The average Bonchev–Trinajstić information content (AvgIpc) is 3.64. The molecule has 1 fully saturated rings. The Morgan fingerprint density at radius 3 is 2.56 bits per heavy atom. The van der Waals surface area contributed by atoms with Crippen molar-refractivity contribution >= 4 is 41.5 Å². The highest BCUT2D eigenvalue weighted by molar-refractivity contribution is 6.42. The molecule has 2 aromatic carbocycles. The zero-order valence-electron chi connectivity index (χ0n) is 20.6. The molecule has 0 unspecified atom stereocenters. The number of carbonyl (C=O) groups is 1. The van der Waals surface area contributed by atoms with Crippen LogP contribution >= 0.6 is 35.6 Å². The molecule has 0 spiro atoms. The summed E-state index contributed by atoms with van der Waals surface area (Å²) in [5.74, 6) is 1.14. The summed E-state index contributed by atoms with van der Waals surface area (Å²) in [6.45, 7) is 6.16. The van der Waals surface area contributed by atoms with E-state index in [1.165, 1.54) is 12.0 Å². The number of hydrogen-bond acceptors (Lipinski definition) is 3. The van der Waals surface area contributed by atoms with E-state index in [1.54, 1.807) is 6.20 Å². The zero-order valence-corrected chi connectivity index (χ0v) is 23.0. The third kappa shape index (κ3) is 7.69. The topological polar surface area (TPSA) is 45.2 Å². The summed E-state index contributed by atoms with van der Waals surface area (Å²) >= 11 is 12.6. The molecular weight excluding hydrogens is 513 g/mol. The van der Waals surface area contributed by atoms with Crippen LogP contribution in [0.25, 0.3) is 11.3 Å². The minimum Gasteiger partial charge on any atom is -0.352 e. The molecule has 1 aliphatic carbocycles. The van der Waals surface area contributed by atoms with E-state index in [-0.39, 0.29) is 18.3 Å². The third-order valence-corrected chi connectivity index (χ3v) is 7.46. The van der Waals surface area contributed by atoms with E-state index >= 15 is 0 Å². The number of halogens is 3. The summed E-state index contributed by atoms with van der Waals surface area (Å²) in [4.78, 5) is 19.4. The largest absolute Gasteiger partial charge is 0.352 e. The summed E-state index contributed by atoms with van der Waals surface area (Å²) < 4.78 is 0. The fourth-order valence-electron chi connectivity index (χ4n) is 4.67. The summed E-state index contributed by atoms with van der Waals surface area (Å²) in [5.41, 5.74) is 3.78. The second kappa shape index (κ2) is 14.0. The van der Waals surface area contributed by atoms with Crippen molar-refractivity contribution in [2.45, 2.75) is 38.5 Å². The predicted molar refractivity (Wildman–Crippen MR) is 153 cm³/mol. The molecule has 0 saturated heterocycles. The van der Waals surface area contributed by atoms with Crippen molar-refractivity contribution < 1.29 is 4.79 Å². The lowest BCUT2D eigenvalue weighted by molar-refractivity contribution is 0.0952. The van der Waals surface area contributed by atoms with Crippen LogP contribution in [0, 0.1) is 5.92 Å². The normalized spacial score (nSPS) is 16.4. The molecule has 3 aromatic rings. The Bertz CT molecular complexity index is 1110. The van der Waals surface area contributed by atoms with Crippen molar-refractivity contribution in [2.24, 2.45) is 5.92 Å². The van der Waals surface area contributed by atoms with Gasteiger partial charge in [-0.3, -0.25) is 9.78 Å². The van der Waals surface area contributed by atoms with Gasteiger partial charge >= 0.3 is 0 Å². The lowest BCUT2D eigenvalue weighted by Gasteiger charge is -2.22. The van der Waals surface area contributed by atoms with Gasteiger partial charge in [-0.1, -0.05) is 60.5 Å². The number of carbonyl (C=O) groups excluding carboxylic acids is 1. The van der Waals surface area contributed by atoms with Crippen LogP contribution in [0.5, 0.6) is 0 Å². The van der Waals surface area contributed by atoms with Gasteiger partial charge in [-0.05, 0) is 86.5 Å². The molecule has 1 N–H and O–H groups in total. The second-order valence-corrected chi connectivity index (χ2v) is 10.1. The maximum Gasteiger partial charge on any atom is 0.251 e. The molecule has 0 aliphatic heterocycles. The molecule has 7 heteroatoms. The minimum atomic E-state index is -0.0257. The van der Waals surface area contributed by atoms with Crippen molar-refractivity contribution in [1.29, 1.82) is 0 Å². The Morgan fingerprint density at radius 2 is 1.83 bits per heavy atom. The number of rotatable bonds is 12. The third-order valence-electron chi connectivity index (χ3n) is 6.63. The summed E-state index contributed by atoms with van der Waals surface area (Å²) in [5, 5.41) is 4.42. The molecule has 1 amide bonds. The van der Waals surface area contributed by atoms with Gasteiger partial charge in [-0.15, -0.1) is 12.4 Å². The van der Waals surface area contributed by atoms with E-state index in [0.29, 0.717) is 34.0 Å². The van der Waals surface area contributed by atoms with Crippen LogP contribution in [-0.4, -0.2) is 42.0 Å². The van der Waals surface area contributed by atoms with Gasteiger partial charge in [-0.25, -0.2) is 0 Å². The predicted octanol–water partition coefficient (Wildman–Crippen LogP) is 7.50. The number of amides is 1. The molecule has 0 bridgehead atoms. The van der Waals surface area contributed by atoms with Crippen molar-refractivity contribution in [3.05, 3.63) is 88.0 Å². The quantitative estimate of drug-likeness (QED) is 0.239. The molecule has 192 valence electrons. The van der Waals surface area contributed by atoms with Gasteiger partial charge < -0.3 is 10.2 Å². The first-order chi connectivity index (χ1) is 17.1. The molecule has 4 nitrogen and oxygen atoms in total. The smallest absolute Gasteiger partial charge is 0.251 e. The first-order valence-electron chi connectivity index (χ1n) is 12.5. The number of hydrogen-bond donors (Lipinski definition) is 1. The molecule has 1 heterocycles.